The van der Waals surface area contributed by atoms with Crippen molar-refractivity contribution in [2.24, 2.45) is 5.92 Å². The molecular formula is C19H23FN2O4. The van der Waals surface area contributed by atoms with E-state index in [9.17, 15) is 18.8 Å². The second kappa shape index (κ2) is 8.29. The summed E-state index contributed by atoms with van der Waals surface area (Å²) >= 11 is 0. The van der Waals surface area contributed by atoms with Crippen molar-refractivity contribution < 1.29 is 23.5 Å². The fourth-order valence-corrected chi connectivity index (χ4v) is 3.54. The Hall–Kier alpha value is -2.44. The lowest BCUT2D eigenvalue weighted by Crippen LogP contribution is -2.39. The van der Waals surface area contributed by atoms with Gasteiger partial charge in [0, 0.05) is 19.0 Å². The third kappa shape index (κ3) is 4.39. The van der Waals surface area contributed by atoms with Crippen LogP contribution in [0.2, 0.25) is 0 Å². The number of ether oxygens (including phenoxy) is 1. The summed E-state index contributed by atoms with van der Waals surface area (Å²) in [6.07, 6.45) is 5.25. The molecule has 1 aliphatic heterocycles. The summed E-state index contributed by atoms with van der Waals surface area (Å²) in [5, 5.41) is 2.87. The van der Waals surface area contributed by atoms with Crippen LogP contribution in [0, 0.1) is 11.7 Å². The van der Waals surface area contributed by atoms with Crippen molar-refractivity contribution in [1.82, 2.24) is 5.32 Å². The van der Waals surface area contributed by atoms with E-state index in [1.807, 2.05) is 0 Å². The third-order valence-electron chi connectivity index (χ3n) is 4.92. The predicted molar refractivity (Wildman–Crippen MR) is 92.8 cm³/mol. The van der Waals surface area contributed by atoms with Gasteiger partial charge in [0.25, 0.3) is 5.91 Å². The minimum absolute atomic E-state index is 0.0442. The number of benzene rings is 1. The normalized spacial score (nSPS) is 20.9. The molecule has 1 heterocycles. The van der Waals surface area contributed by atoms with Crippen LogP contribution in [-0.2, 0) is 19.1 Å². The van der Waals surface area contributed by atoms with Crippen LogP contribution < -0.4 is 10.2 Å². The van der Waals surface area contributed by atoms with Gasteiger partial charge in [-0.3, -0.25) is 14.4 Å². The largest absolute Gasteiger partial charge is 0.455 e. The summed E-state index contributed by atoms with van der Waals surface area (Å²) in [5.74, 6) is -2.45. The van der Waals surface area contributed by atoms with Gasteiger partial charge in [-0.1, -0.05) is 31.4 Å². The van der Waals surface area contributed by atoms with E-state index in [1.165, 1.54) is 29.5 Å². The number of amides is 2. The van der Waals surface area contributed by atoms with Gasteiger partial charge in [-0.25, -0.2) is 4.39 Å². The number of hydrogen-bond donors (Lipinski definition) is 1. The number of rotatable bonds is 5. The fourth-order valence-electron chi connectivity index (χ4n) is 3.54. The van der Waals surface area contributed by atoms with Crippen LogP contribution in [0.4, 0.5) is 10.1 Å². The first-order valence-electron chi connectivity index (χ1n) is 9.05. The molecule has 1 saturated heterocycles. The van der Waals surface area contributed by atoms with E-state index in [0.29, 0.717) is 0 Å². The van der Waals surface area contributed by atoms with Crippen molar-refractivity contribution in [1.29, 1.82) is 0 Å². The second-order valence-corrected chi connectivity index (χ2v) is 6.87. The number of hydrogen-bond acceptors (Lipinski definition) is 4. The topological polar surface area (TPSA) is 75.7 Å². The molecule has 1 atom stereocenters. The number of carbonyl (C=O) groups is 3. The molecule has 0 unspecified atom stereocenters. The molecule has 1 aliphatic carbocycles. The molecule has 26 heavy (non-hydrogen) atoms. The Labute approximate surface area is 151 Å². The zero-order valence-electron chi connectivity index (χ0n) is 14.6. The van der Waals surface area contributed by atoms with E-state index in [1.54, 1.807) is 6.07 Å². The highest BCUT2D eigenvalue weighted by Gasteiger charge is 2.37. The first-order chi connectivity index (χ1) is 12.5. The van der Waals surface area contributed by atoms with Crippen molar-refractivity contribution in [2.45, 2.75) is 44.6 Å². The van der Waals surface area contributed by atoms with E-state index < -0.39 is 17.7 Å². The zero-order chi connectivity index (χ0) is 18.5. The minimum Gasteiger partial charge on any atom is -0.455 e. The zero-order valence-corrected chi connectivity index (χ0v) is 14.6. The van der Waals surface area contributed by atoms with Gasteiger partial charge >= 0.3 is 5.97 Å². The summed E-state index contributed by atoms with van der Waals surface area (Å²) in [4.78, 5) is 37.5. The number of nitrogens with one attached hydrogen (secondary N) is 1. The number of para-hydroxylation sites is 1. The van der Waals surface area contributed by atoms with Crippen LogP contribution in [0.1, 0.15) is 38.5 Å². The maximum absolute atomic E-state index is 13.9. The monoisotopic (exact) mass is 362 g/mol. The summed E-state index contributed by atoms with van der Waals surface area (Å²) in [6, 6.07) is 6.09. The Morgan fingerprint density at radius 3 is 2.65 bits per heavy atom. The highest BCUT2D eigenvalue weighted by Crippen LogP contribution is 2.27. The molecule has 0 spiro atoms. The van der Waals surface area contributed by atoms with Gasteiger partial charge in [-0.05, 0) is 25.0 Å². The summed E-state index contributed by atoms with van der Waals surface area (Å²) in [7, 11) is 0. The van der Waals surface area contributed by atoms with Crippen molar-refractivity contribution in [3.63, 3.8) is 0 Å². The quantitative estimate of drug-likeness (QED) is 0.815. The summed E-state index contributed by atoms with van der Waals surface area (Å²) < 4.78 is 18.9. The Morgan fingerprint density at radius 1 is 1.19 bits per heavy atom. The van der Waals surface area contributed by atoms with Crippen LogP contribution in [0.3, 0.4) is 0 Å². The van der Waals surface area contributed by atoms with Crippen molar-refractivity contribution in [3.8, 4) is 0 Å². The SMILES string of the molecule is O=C(COC(=O)[C@@H]1CC(=O)N(c2ccccc2F)C1)NC1CCCCC1. The van der Waals surface area contributed by atoms with Gasteiger partial charge in [0.05, 0.1) is 11.6 Å². The highest BCUT2D eigenvalue weighted by molar-refractivity contribution is 5.99. The number of esters is 1. The van der Waals surface area contributed by atoms with E-state index >= 15 is 0 Å². The van der Waals surface area contributed by atoms with Gasteiger partial charge in [0.2, 0.25) is 5.91 Å². The van der Waals surface area contributed by atoms with Crippen molar-refractivity contribution >= 4 is 23.5 Å². The van der Waals surface area contributed by atoms with Crippen molar-refractivity contribution in [2.75, 3.05) is 18.1 Å². The lowest BCUT2D eigenvalue weighted by atomic mass is 9.95. The smallest absolute Gasteiger partial charge is 0.311 e. The Balaban J connectivity index is 1.48. The molecule has 1 saturated carbocycles. The molecule has 0 aromatic heterocycles. The van der Waals surface area contributed by atoms with E-state index in [-0.39, 0.29) is 43.1 Å². The van der Waals surface area contributed by atoms with E-state index in [0.717, 1.165) is 25.7 Å². The number of carbonyl (C=O) groups excluding carboxylic acids is 3. The molecule has 7 heteroatoms. The average Bonchev–Trinajstić information content (AvgIpc) is 3.02. The maximum atomic E-state index is 13.9. The number of halogens is 1. The van der Waals surface area contributed by atoms with Crippen molar-refractivity contribution in [3.05, 3.63) is 30.1 Å². The van der Waals surface area contributed by atoms with Crippen LogP contribution in [0.25, 0.3) is 0 Å². The molecule has 1 N–H and O–H groups in total. The van der Waals surface area contributed by atoms with Crippen LogP contribution >= 0.6 is 0 Å². The molecule has 0 bridgehead atoms. The minimum atomic E-state index is -0.690. The molecule has 140 valence electrons. The molecule has 0 radical (unpaired) electrons. The molecule has 1 aromatic rings. The van der Waals surface area contributed by atoms with Gasteiger partial charge in [-0.15, -0.1) is 0 Å². The standard InChI is InChI=1S/C19H23FN2O4/c20-15-8-4-5-9-16(15)22-11-13(10-18(22)24)19(25)26-12-17(23)21-14-6-2-1-3-7-14/h4-5,8-9,13-14H,1-3,6-7,10-12H2,(H,21,23)/t13-/m1/s1. The van der Waals surface area contributed by atoms with Gasteiger partial charge in [0.1, 0.15) is 5.82 Å². The lowest BCUT2D eigenvalue weighted by molar-refractivity contribution is -0.152. The molecule has 2 aliphatic rings. The molecule has 6 nitrogen and oxygen atoms in total. The van der Waals surface area contributed by atoms with Crippen LogP contribution in [0.15, 0.2) is 24.3 Å². The Morgan fingerprint density at radius 2 is 1.92 bits per heavy atom. The Kier molecular flexibility index (Phi) is 5.85. The molecular weight excluding hydrogens is 339 g/mol. The summed E-state index contributed by atoms with van der Waals surface area (Å²) in [5.41, 5.74) is 0.155. The highest BCUT2D eigenvalue weighted by atomic mass is 19.1. The maximum Gasteiger partial charge on any atom is 0.311 e. The fraction of sp³-hybridized carbons (Fsp3) is 0.526. The first kappa shape index (κ1) is 18.4. The van der Waals surface area contributed by atoms with Crippen LogP contribution in [-0.4, -0.2) is 37.0 Å². The first-order valence-corrected chi connectivity index (χ1v) is 9.05. The van der Waals surface area contributed by atoms with Gasteiger partial charge in [-0.2, -0.15) is 0 Å². The summed E-state index contributed by atoms with van der Waals surface area (Å²) in [6.45, 7) is -0.289. The lowest BCUT2D eigenvalue weighted by Gasteiger charge is -2.22. The van der Waals surface area contributed by atoms with Gasteiger partial charge < -0.3 is 15.0 Å². The Bertz CT molecular complexity index is 688. The van der Waals surface area contributed by atoms with E-state index in [2.05, 4.69) is 5.32 Å². The number of anilines is 1. The van der Waals surface area contributed by atoms with Gasteiger partial charge in [0.15, 0.2) is 6.61 Å². The van der Waals surface area contributed by atoms with Crippen LogP contribution in [0.5, 0.6) is 0 Å². The average molecular weight is 362 g/mol. The number of nitrogens with zero attached hydrogens (tertiary/aromatic N) is 1. The third-order valence-corrected chi connectivity index (χ3v) is 4.92. The molecule has 3 rings (SSSR count). The molecule has 1 aromatic carbocycles. The molecule has 2 amide bonds. The molecule has 2 fully saturated rings. The predicted octanol–water partition coefficient (Wildman–Crippen LogP) is 2.17. The second-order valence-electron chi connectivity index (χ2n) is 6.87. The van der Waals surface area contributed by atoms with E-state index in [4.69, 9.17) is 4.74 Å².